The van der Waals surface area contributed by atoms with Crippen molar-refractivity contribution in [2.24, 2.45) is 5.16 Å². The molecule has 16 heteroatoms. The molecule has 0 saturated carbocycles. The molecular formula is C23H23N8O6S2+. The van der Waals surface area contributed by atoms with Crippen LogP contribution in [0.2, 0.25) is 0 Å². The van der Waals surface area contributed by atoms with Gasteiger partial charge < -0.3 is 26.1 Å². The molecule has 202 valence electrons. The van der Waals surface area contributed by atoms with Crippen LogP contribution in [-0.2, 0) is 32.4 Å². The summed E-state index contributed by atoms with van der Waals surface area (Å²) in [6.45, 7) is 0.0571. The van der Waals surface area contributed by atoms with Gasteiger partial charge in [-0.1, -0.05) is 5.16 Å². The number of rotatable bonds is 9. The third-order valence-electron chi connectivity index (χ3n) is 6.03. The quantitative estimate of drug-likeness (QED) is 0.0981. The van der Waals surface area contributed by atoms with Gasteiger partial charge in [-0.25, -0.2) is 14.3 Å². The highest BCUT2D eigenvalue weighted by atomic mass is 32.2. The third kappa shape index (κ3) is 5.08. The highest BCUT2D eigenvalue weighted by molar-refractivity contribution is 8.00. The Morgan fingerprint density at radius 2 is 2.26 bits per heavy atom. The maximum atomic E-state index is 13.1. The number of aromatic nitrogens is 4. The summed E-state index contributed by atoms with van der Waals surface area (Å²) in [6.07, 6.45) is 3.60. The maximum absolute atomic E-state index is 13.1. The second kappa shape index (κ2) is 10.8. The lowest BCUT2D eigenvalue weighted by Gasteiger charge is -2.49. The molecule has 2 aliphatic rings. The van der Waals surface area contributed by atoms with Crippen LogP contribution in [0.5, 0.6) is 0 Å². The van der Waals surface area contributed by atoms with E-state index in [2.05, 4.69) is 25.7 Å². The van der Waals surface area contributed by atoms with Crippen LogP contribution in [0.1, 0.15) is 11.4 Å². The molecule has 5 rings (SSSR count). The van der Waals surface area contributed by atoms with Gasteiger partial charge in [0.25, 0.3) is 11.8 Å². The number of hydrogen-bond acceptors (Lipinski definition) is 11. The molecule has 5 heterocycles. The first-order valence-corrected chi connectivity index (χ1v) is 13.4. The van der Waals surface area contributed by atoms with E-state index < -0.39 is 29.2 Å². The molecule has 2 amide bonds. The fourth-order valence-electron chi connectivity index (χ4n) is 4.29. The zero-order valence-corrected chi connectivity index (χ0v) is 22.0. The summed E-state index contributed by atoms with van der Waals surface area (Å²) in [6, 6.07) is 4.42. The first kappa shape index (κ1) is 26.3. The van der Waals surface area contributed by atoms with Gasteiger partial charge in [0.1, 0.15) is 29.9 Å². The molecule has 1 fully saturated rings. The van der Waals surface area contributed by atoms with Crippen molar-refractivity contribution in [2.75, 3.05) is 18.6 Å². The molecule has 2 aliphatic heterocycles. The number of carboxylic acids is 1. The fraction of sp³-hybridized carbons (Fsp3) is 0.261. The van der Waals surface area contributed by atoms with Crippen LogP contribution < -0.4 is 15.6 Å². The van der Waals surface area contributed by atoms with Gasteiger partial charge in [0.15, 0.2) is 29.8 Å². The number of nitrogen functional groups attached to an aromatic ring is 1. The molecule has 3 aromatic rings. The van der Waals surface area contributed by atoms with Gasteiger partial charge >= 0.3 is 5.97 Å². The van der Waals surface area contributed by atoms with Crippen molar-refractivity contribution in [2.45, 2.75) is 24.6 Å². The summed E-state index contributed by atoms with van der Waals surface area (Å²) in [5, 5.41) is 33.8. The number of oxime groups is 1. The zero-order valence-electron chi connectivity index (χ0n) is 20.4. The molecule has 0 bridgehead atoms. The number of H-pyrrole nitrogens is 1. The zero-order chi connectivity index (χ0) is 27.7. The molecule has 0 unspecified atom stereocenters. The van der Waals surface area contributed by atoms with Gasteiger partial charge in [0.05, 0.1) is 23.6 Å². The number of carbonyl (C=O) groups is 3. The Kier molecular flexibility index (Phi) is 7.32. The van der Waals surface area contributed by atoms with Crippen LogP contribution >= 0.6 is 23.1 Å². The number of hydrogen-bond donors (Lipinski definition) is 5. The molecule has 6 N–H and O–H groups in total. The summed E-state index contributed by atoms with van der Waals surface area (Å²) < 4.78 is 1.80. The Labute approximate surface area is 229 Å². The molecule has 1 saturated heterocycles. The van der Waals surface area contributed by atoms with Crippen molar-refractivity contribution in [3.05, 3.63) is 58.6 Å². The third-order valence-corrected chi connectivity index (χ3v) is 8.04. The number of anilines is 1. The number of amides is 2. The second-order valence-electron chi connectivity index (χ2n) is 8.51. The van der Waals surface area contributed by atoms with E-state index in [-0.39, 0.29) is 35.4 Å². The van der Waals surface area contributed by atoms with Gasteiger partial charge in [-0.15, -0.1) is 23.1 Å². The van der Waals surface area contributed by atoms with Gasteiger partial charge in [-0.3, -0.25) is 19.6 Å². The van der Waals surface area contributed by atoms with Crippen molar-refractivity contribution in [1.29, 1.82) is 0 Å². The number of fused-ring (bicyclic) bond motifs is 1. The summed E-state index contributed by atoms with van der Waals surface area (Å²) in [5.74, 6) is -2.14. The van der Waals surface area contributed by atoms with Gasteiger partial charge in [0.2, 0.25) is 0 Å². The predicted octanol–water partition coefficient (Wildman–Crippen LogP) is -0.315. The molecule has 0 aromatic carbocycles. The minimum absolute atomic E-state index is 0.104. The second-order valence-corrected chi connectivity index (χ2v) is 10.5. The molecule has 0 aliphatic carbocycles. The number of aliphatic hydroxyl groups is 1. The monoisotopic (exact) mass is 571 g/mol. The van der Waals surface area contributed by atoms with E-state index in [4.69, 9.17) is 10.6 Å². The van der Waals surface area contributed by atoms with Crippen molar-refractivity contribution in [3.8, 4) is 11.3 Å². The molecule has 14 nitrogen and oxygen atoms in total. The Morgan fingerprint density at radius 1 is 1.44 bits per heavy atom. The summed E-state index contributed by atoms with van der Waals surface area (Å²) >= 11 is 2.48. The number of nitrogens with two attached hydrogens (primary N) is 1. The number of aliphatic hydroxyl groups excluding tert-OH is 1. The normalized spacial score (nSPS) is 19.0. The van der Waals surface area contributed by atoms with Crippen LogP contribution in [-0.4, -0.2) is 78.1 Å². The number of β-lactam (4-membered cyclic amide) rings is 1. The predicted molar refractivity (Wildman–Crippen MR) is 140 cm³/mol. The molecular weight excluding hydrogens is 548 g/mol. The Morgan fingerprint density at radius 3 is 2.92 bits per heavy atom. The smallest absolute Gasteiger partial charge is 0.352 e. The van der Waals surface area contributed by atoms with Crippen molar-refractivity contribution < 1.29 is 34.0 Å². The number of carboxylic acid groups (broad SMARTS) is 1. The van der Waals surface area contributed by atoms with E-state index in [1.165, 1.54) is 23.8 Å². The number of aliphatic carboxylic acids is 1. The van der Waals surface area contributed by atoms with Gasteiger partial charge in [-0.05, 0) is 12.1 Å². The van der Waals surface area contributed by atoms with Crippen molar-refractivity contribution in [1.82, 2.24) is 25.4 Å². The average Bonchev–Trinajstić information content (AvgIpc) is 3.59. The lowest BCUT2D eigenvalue weighted by atomic mass is 10.0. The Bertz CT molecular complexity index is 1520. The number of aromatic amines is 1. The van der Waals surface area contributed by atoms with E-state index in [0.29, 0.717) is 22.7 Å². The largest absolute Gasteiger partial charge is 0.477 e. The number of carbonyl (C=O) groups excluding carboxylic acids is 2. The lowest BCUT2D eigenvalue weighted by Crippen LogP contribution is -2.71. The lowest BCUT2D eigenvalue weighted by molar-refractivity contribution is -0.688. The number of thiazole rings is 1. The molecule has 39 heavy (non-hydrogen) atoms. The van der Waals surface area contributed by atoms with E-state index in [0.717, 1.165) is 16.9 Å². The Balaban J connectivity index is 1.34. The first-order chi connectivity index (χ1) is 18.8. The van der Waals surface area contributed by atoms with Crippen LogP contribution in [0, 0.1) is 0 Å². The van der Waals surface area contributed by atoms with E-state index in [9.17, 15) is 24.6 Å². The number of nitrogens with one attached hydrogen (secondary N) is 2. The Hall–Kier alpha value is -4.28. The van der Waals surface area contributed by atoms with E-state index in [1.54, 1.807) is 28.3 Å². The fourth-order valence-corrected chi connectivity index (χ4v) is 6.17. The van der Waals surface area contributed by atoms with Crippen molar-refractivity contribution in [3.63, 3.8) is 0 Å². The van der Waals surface area contributed by atoms with Crippen LogP contribution in [0.3, 0.4) is 0 Å². The first-order valence-electron chi connectivity index (χ1n) is 11.5. The number of pyridine rings is 1. The van der Waals surface area contributed by atoms with Crippen molar-refractivity contribution >= 4 is 51.7 Å². The highest BCUT2D eigenvalue weighted by Crippen LogP contribution is 2.40. The summed E-state index contributed by atoms with van der Waals surface area (Å²) in [4.78, 5) is 48.3. The summed E-state index contributed by atoms with van der Waals surface area (Å²) in [7, 11) is 1.27. The SMILES string of the molecule is CO/N=C(\C(=O)N[C@@H]1C(=O)N2C(C(=O)O)=C(C[n+]3cccc(-c4cc(CO)[nH]n4)c3)CS[C@H]12)c1csc(N)n1. The average molecular weight is 572 g/mol. The molecule has 0 radical (unpaired) electrons. The minimum atomic E-state index is -1.23. The van der Waals surface area contributed by atoms with E-state index >= 15 is 0 Å². The maximum Gasteiger partial charge on any atom is 0.352 e. The van der Waals surface area contributed by atoms with Gasteiger partial charge in [0, 0.05) is 22.8 Å². The van der Waals surface area contributed by atoms with Gasteiger partial charge in [-0.2, -0.15) is 5.10 Å². The van der Waals surface area contributed by atoms with Crippen LogP contribution in [0.15, 0.2) is 52.4 Å². The minimum Gasteiger partial charge on any atom is -0.477 e. The standard InChI is InChI=1S/C23H22N8O6S2/c1-37-29-16(15-10-39-23(24)25-15)19(33)26-17-20(34)31-18(22(35)36)12(9-38-21(17)31)7-30-4-2-3-11(6-30)14-5-13(8-32)27-28-14/h2-6,10,17,21,32H,7-9H2,1H3,(H4-,24,25,26,27,28,33,35,36)/p+1/b29-16-/t17-,21-/m1/s1. The van der Waals surface area contributed by atoms with Crippen LogP contribution in [0.4, 0.5) is 5.13 Å². The number of thioether (sulfide) groups is 1. The topological polar surface area (TPSA) is 200 Å². The molecule has 2 atom stereocenters. The highest BCUT2D eigenvalue weighted by Gasteiger charge is 2.54. The number of nitrogens with zero attached hydrogens (tertiary/aromatic N) is 5. The van der Waals surface area contributed by atoms with E-state index in [1.807, 2.05) is 12.3 Å². The summed E-state index contributed by atoms with van der Waals surface area (Å²) in [5.41, 5.74) is 8.12. The van der Waals surface area contributed by atoms with Crippen LogP contribution in [0.25, 0.3) is 11.3 Å². The molecule has 3 aromatic heterocycles. The molecule has 0 spiro atoms.